The van der Waals surface area contributed by atoms with Crippen LogP contribution in [0, 0.1) is 0 Å². The van der Waals surface area contributed by atoms with E-state index in [1.54, 1.807) is 24.3 Å². The number of H-pyrrole nitrogens is 1. The number of rotatable bonds is 2. The second kappa shape index (κ2) is 4.78. The van der Waals surface area contributed by atoms with Crippen molar-refractivity contribution in [3.8, 4) is 11.3 Å². The minimum absolute atomic E-state index is 0.0431. The number of hydrogen-bond donors (Lipinski definition) is 1. The van der Waals surface area contributed by atoms with Crippen molar-refractivity contribution in [2.24, 2.45) is 0 Å². The van der Waals surface area contributed by atoms with E-state index in [-0.39, 0.29) is 11.2 Å². The van der Waals surface area contributed by atoms with Crippen molar-refractivity contribution in [3.05, 3.63) is 70.4 Å². The van der Waals surface area contributed by atoms with E-state index in [0.717, 1.165) is 16.8 Å². The highest BCUT2D eigenvalue weighted by Crippen LogP contribution is 2.18. The Balaban J connectivity index is 2.24. The number of nitrogens with one attached hydrogen (secondary N) is 1. The van der Waals surface area contributed by atoms with Crippen molar-refractivity contribution < 1.29 is 4.79 Å². The molecule has 0 aliphatic rings. The minimum atomic E-state index is -0.0827. The van der Waals surface area contributed by atoms with Gasteiger partial charge < -0.3 is 4.98 Å². The molecule has 0 saturated heterocycles. The first-order valence-electron chi connectivity index (χ1n) is 6.38. The predicted octanol–water partition coefficient (Wildman–Crippen LogP) is 3.40. The quantitative estimate of drug-likeness (QED) is 0.720. The smallest absolute Gasteiger partial charge is 0.190 e. The van der Waals surface area contributed by atoms with Gasteiger partial charge in [-0.05, 0) is 30.7 Å². The zero-order valence-electron chi connectivity index (χ0n) is 11.0. The molecule has 3 aromatic rings. The molecule has 3 heteroatoms. The molecule has 0 aliphatic heterocycles. The molecular formula is C17H13NO2. The number of hydrogen-bond acceptors (Lipinski definition) is 2. The molecule has 1 heterocycles. The largest absolute Gasteiger partial charge is 0.354 e. The normalized spacial score (nSPS) is 10.7. The van der Waals surface area contributed by atoms with Crippen molar-refractivity contribution in [3.63, 3.8) is 0 Å². The van der Waals surface area contributed by atoms with E-state index in [2.05, 4.69) is 4.98 Å². The molecule has 0 amide bonds. The van der Waals surface area contributed by atoms with Crippen LogP contribution in [0.3, 0.4) is 0 Å². The number of carbonyl (C=O) groups excluding carboxylic acids is 1. The first-order chi connectivity index (χ1) is 9.65. The molecule has 0 aliphatic carbocycles. The van der Waals surface area contributed by atoms with Gasteiger partial charge in [0.05, 0.1) is 0 Å². The maximum atomic E-state index is 12.2. The molecule has 0 atom stereocenters. The average molecular weight is 263 g/mol. The Morgan fingerprint density at radius 1 is 1.00 bits per heavy atom. The standard InChI is InChI=1S/C17H13NO2/c1-11(19)13-7-8-15-14(9-13)17(20)10-16(18-15)12-5-3-2-4-6-12/h2-10H,1H3,(H,18,20). The lowest BCUT2D eigenvalue weighted by atomic mass is 10.1. The molecular weight excluding hydrogens is 250 g/mol. The van der Waals surface area contributed by atoms with Gasteiger partial charge in [-0.25, -0.2) is 0 Å². The Bertz CT molecular complexity index is 848. The van der Waals surface area contributed by atoms with Crippen LogP contribution < -0.4 is 5.43 Å². The monoisotopic (exact) mass is 263 g/mol. The van der Waals surface area contributed by atoms with E-state index in [1.807, 2.05) is 30.3 Å². The lowest BCUT2D eigenvalue weighted by Crippen LogP contribution is -2.04. The van der Waals surface area contributed by atoms with Crippen LogP contribution in [0.4, 0.5) is 0 Å². The fourth-order valence-corrected chi connectivity index (χ4v) is 2.24. The number of benzene rings is 2. The van der Waals surface area contributed by atoms with Gasteiger partial charge in [0.1, 0.15) is 0 Å². The summed E-state index contributed by atoms with van der Waals surface area (Å²) in [7, 11) is 0. The summed E-state index contributed by atoms with van der Waals surface area (Å²) in [5.41, 5.74) is 2.94. The van der Waals surface area contributed by atoms with E-state index in [4.69, 9.17) is 0 Å². The summed E-state index contributed by atoms with van der Waals surface area (Å²) < 4.78 is 0. The summed E-state index contributed by atoms with van der Waals surface area (Å²) in [6.07, 6.45) is 0. The predicted molar refractivity (Wildman–Crippen MR) is 80.0 cm³/mol. The average Bonchev–Trinajstić information content (AvgIpc) is 2.47. The summed E-state index contributed by atoms with van der Waals surface area (Å²) >= 11 is 0. The van der Waals surface area contributed by atoms with Crippen LogP contribution >= 0.6 is 0 Å². The van der Waals surface area contributed by atoms with Crippen LogP contribution in [-0.4, -0.2) is 10.8 Å². The molecule has 0 saturated carbocycles. The fraction of sp³-hybridized carbons (Fsp3) is 0.0588. The van der Waals surface area contributed by atoms with Gasteiger partial charge in [-0.15, -0.1) is 0 Å². The summed E-state index contributed by atoms with van der Waals surface area (Å²) in [5, 5.41) is 0.539. The third-order valence-electron chi connectivity index (χ3n) is 3.32. The van der Waals surface area contributed by atoms with E-state index in [1.165, 1.54) is 6.92 Å². The Morgan fingerprint density at radius 3 is 2.45 bits per heavy atom. The number of pyridine rings is 1. The van der Waals surface area contributed by atoms with Crippen molar-refractivity contribution in [2.45, 2.75) is 6.92 Å². The fourth-order valence-electron chi connectivity index (χ4n) is 2.24. The van der Waals surface area contributed by atoms with Gasteiger partial charge >= 0.3 is 0 Å². The summed E-state index contributed by atoms with van der Waals surface area (Å²) in [4.78, 5) is 26.8. The first kappa shape index (κ1) is 12.4. The van der Waals surface area contributed by atoms with Gasteiger partial charge in [-0.2, -0.15) is 0 Å². The molecule has 3 nitrogen and oxygen atoms in total. The van der Waals surface area contributed by atoms with Gasteiger partial charge in [0, 0.05) is 28.2 Å². The number of fused-ring (bicyclic) bond motifs is 1. The van der Waals surface area contributed by atoms with E-state index in [0.29, 0.717) is 10.9 Å². The molecule has 1 aromatic heterocycles. The molecule has 0 radical (unpaired) electrons. The Labute approximate surface area is 115 Å². The molecule has 2 aromatic carbocycles. The summed E-state index contributed by atoms with van der Waals surface area (Å²) in [6.45, 7) is 1.49. The van der Waals surface area contributed by atoms with Crippen LogP contribution in [0.1, 0.15) is 17.3 Å². The molecule has 20 heavy (non-hydrogen) atoms. The Kier molecular flexibility index (Phi) is 2.95. The van der Waals surface area contributed by atoms with Gasteiger partial charge in [-0.1, -0.05) is 30.3 Å². The topological polar surface area (TPSA) is 49.9 Å². The SMILES string of the molecule is CC(=O)c1ccc2[nH]c(-c3ccccc3)cc(=O)c2c1. The molecule has 1 N–H and O–H groups in total. The Morgan fingerprint density at radius 2 is 1.75 bits per heavy atom. The summed E-state index contributed by atoms with van der Waals surface area (Å²) in [5.74, 6) is -0.0431. The maximum Gasteiger partial charge on any atom is 0.190 e. The van der Waals surface area contributed by atoms with Crippen molar-refractivity contribution in [2.75, 3.05) is 0 Å². The Hall–Kier alpha value is -2.68. The number of Topliss-reactive ketones (excluding diaryl/α,β-unsaturated/α-hetero) is 1. The van der Waals surface area contributed by atoms with Gasteiger partial charge in [0.15, 0.2) is 11.2 Å². The molecule has 0 unspecified atom stereocenters. The zero-order valence-corrected chi connectivity index (χ0v) is 11.0. The van der Waals surface area contributed by atoms with E-state index >= 15 is 0 Å². The third kappa shape index (κ3) is 2.14. The van der Waals surface area contributed by atoms with Crippen LogP contribution in [0.5, 0.6) is 0 Å². The van der Waals surface area contributed by atoms with Crippen molar-refractivity contribution in [1.29, 1.82) is 0 Å². The third-order valence-corrected chi connectivity index (χ3v) is 3.32. The zero-order chi connectivity index (χ0) is 14.1. The highest BCUT2D eigenvalue weighted by molar-refractivity contribution is 5.98. The van der Waals surface area contributed by atoms with Crippen LogP contribution in [0.2, 0.25) is 0 Å². The van der Waals surface area contributed by atoms with Gasteiger partial charge in [-0.3, -0.25) is 9.59 Å². The van der Waals surface area contributed by atoms with E-state index < -0.39 is 0 Å². The molecule has 98 valence electrons. The van der Waals surface area contributed by atoms with Crippen molar-refractivity contribution in [1.82, 2.24) is 4.98 Å². The van der Waals surface area contributed by atoms with Crippen molar-refractivity contribution >= 4 is 16.7 Å². The second-order valence-corrected chi connectivity index (χ2v) is 4.73. The molecule has 0 spiro atoms. The molecule has 0 bridgehead atoms. The minimum Gasteiger partial charge on any atom is -0.354 e. The number of carbonyl (C=O) groups is 1. The number of aromatic amines is 1. The molecule has 3 rings (SSSR count). The van der Waals surface area contributed by atoms with Gasteiger partial charge in [0.25, 0.3) is 0 Å². The summed E-state index contributed by atoms with van der Waals surface area (Å²) in [6, 6.07) is 16.4. The molecule has 0 fully saturated rings. The van der Waals surface area contributed by atoms with Crippen LogP contribution in [-0.2, 0) is 0 Å². The second-order valence-electron chi connectivity index (χ2n) is 4.73. The number of aromatic nitrogens is 1. The lowest BCUT2D eigenvalue weighted by Gasteiger charge is -2.05. The lowest BCUT2D eigenvalue weighted by molar-refractivity contribution is 0.101. The van der Waals surface area contributed by atoms with Gasteiger partial charge in [0.2, 0.25) is 0 Å². The first-order valence-corrected chi connectivity index (χ1v) is 6.38. The highest BCUT2D eigenvalue weighted by Gasteiger charge is 2.06. The van der Waals surface area contributed by atoms with Crippen LogP contribution in [0.25, 0.3) is 22.2 Å². The highest BCUT2D eigenvalue weighted by atomic mass is 16.1. The van der Waals surface area contributed by atoms with Crippen LogP contribution in [0.15, 0.2) is 59.4 Å². The van der Waals surface area contributed by atoms with E-state index in [9.17, 15) is 9.59 Å². The number of ketones is 1. The maximum absolute atomic E-state index is 12.2.